The first-order valence-corrected chi connectivity index (χ1v) is 9.86. The van der Waals surface area contributed by atoms with Gasteiger partial charge in [-0.05, 0) is 72.6 Å². The normalized spacial score (nSPS) is 10.3. The molecule has 30 heavy (non-hydrogen) atoms. The molecule has 3 aromatic rings. The van der Waals surface area contributed by atoms with Gasteiger partial charge in [0.15, 0.2) is 12.4 Å². The topological polar surface area (TPSA) is 64.6 Å². The summed E-state index contributed by atoms with van der Waals surface area (Å²) in [6, 6.07) is 21.1. The fourth-order valence-corrected chi connectivity index (χ4v) is 2.93. The van der Waals surface area contributed by atoms with Crippen LogP contribution in [0.3, 0.4) is 0 Å². The molecule has 3 aromatic carbocycles. The number of methoxy groups -OCH3 is 1. The van der Waals surface area contributed by atoms with Crippen LogP contribution >= 0.6 is 11.6 Å². The van der Waals surface area contributed by atoms with Gasteiger partial charge in [0.1, 0.15) is 11.5 Å². The van der Waals surface area contributed by atoms with Crippen molar-refractivity contribution in [2.24, 2.45) is 0 Å². The molecule has 5 nitrogen and oxygen atoms in total. The average Bonchev–Trinajstić information content (AvgIpc) is 2.78. The van der Waals surface area contributed by atoms with Gasteiger partial charge >= 0.3 is 0 Å². The first-order valence-electron chi connectivity index (χ1n) is 9.48. The second-order valence-corrected chi connectivity index (χ2v) is 7.03. The van der Waals surface area contributed by atoms with Crippen molar-refractivity contribution in [2.75, 3.05) is 20.3 Å². The molecule has 0 spiro atoms. The third kappa shape index (κ3) is 6.09. The van der Waals surface area contributed by atoms with Crippen LogP contribution in [0.5, 0.6) is 11.5 Å². The van der Waals surface area contributed by atoms with E-state index in [0.717, 1.165) is 17.7 Å². The third-order valence-electron chi connectivity index (χ3n) is 4.49. The lowest BCUT2D eigenvalue weighted by atomic mass is 10.0. The molecule has 1 N–H and O–H groups in total. The van der Waals surface area contributed by atoms with Crippen LogP contribution in [0, 0.1) is 0 Å². The standard InChI is InChI=1S/C24H22ClNO4/c1-29-21-10-2-17(3-11-21)14-15-26-23(27)16-30-22-12-6-19(7-13-22)24(28)18-4-8-20(25)9-5-18/h2-13H,14-16H2,1H3,(H,26,27). The lowest BCUT2D eigenvalue weighted by Gasteiger charge is -2.09. The summed E-state index contributed by atoms with van der Waals surface area (Å²) >= 11 is 5.85. The van der Waals surface area contributed by atoms with Crippen LogP contribution in [0.1, 0.15) is 21.5 Å². The predicted molar refractivity (Wildman–Crippen MR) is 117 cm³/mol. The van der Waals surface area contributed by atoms with Crippen molar-refractivity contribution in [3.63, 3.8) is 0 Å². The van der Waals surface area contributed by atoms with E-state index in [-0.39, 0.29) is 18.3 Å². The van der Waals surface area contributed by atoms with Gasteiger partial charge in [-0.15, -0.1) is 0 Å². The van der Waals surface area contributed by atoms with Gasteiger partial charge in [0.05, 0.1) is 7.11 Å². The molecule has 0 fully saturated rings. The van der Waals surface area contributed by atoms with E-state index < -0.39 is 0 Å². The Morgan fingerprint density at radius 2 is 1.40 bits per heavy atom. The lowest BCUT2D eigenvalue weighted by molar-refractivity contribution is -0.123. The number of amides is 1. The highest BCUT2D eigenvalue weighted by molar-refractivity contribution is 6.30. The summed E-state index contributed by atoms with van der Waals surface area (Å²) in [6.07, 6.45) is 0.719. The quantitative estimate of drug-likeness (QED) is 0.521. The number of hydrogen-bond acceptors (Lipinski definition) is 4. The van der Waals surface area contributed by atoms with Gasteiger partial charge in [0.25, 0.3) is 5.91 Å². The Hall–Kier alpha value is -3.31. The Morgan fingerprint density at radius 3 is 2.00 bits per heavy atom. The summed E-state index contributed by atoms with van der Waals surface area (Å²) in [4.78, 5) is 24.4. The zero-order valence-electron chi connectivity index (χ0n) is 16.6. The molecule has 0 radical (unpaired) electrons. The van der Waals surface area contributed by atoms with Crippen molar-refractivity contribution < 1.29 is 19.1 Å². The third-order valence-corrected chi connectivity index (χ3v) is 4.74. The van der Waals surface area contributed by atoms with E-state index in [1.54, 1.807) is 55.6 Å². The second kappa shape index (κ2) is 10.5. The van der Waals surface area contributed by atoms with E-state index >= 15 is 0 Å². The second-order valence-electron chi connectivity index (χ2n) is 6.60. The molecule has 0 saturated carbocycles. The average molecular weight is 424 g/mol. The number of ketones is 1. The van der Waals surface area contributed by atoms with Crippen LogP contribution in [-0.2, 0) is 11.2 Å². The summed E-state index contributed by atoms with van der Waals surface area (Å²) in [5.74, 6) is 1.02. The first-order chi connectivity index (χ1) is 14.5. The maximum atomic E-state index is 12.5. The maximum Gasteiger partial charge on any atom is 0.257 e. The molecule has 0 atom stereocenters. The van der Waals surface area contributed by atoms with Gasteiger partial charge < -0.3 is 14.8 Å². The van der Waals surface area contributed by atoms with Crippen molar-refractivity contribution in [3.05, 3.63) is 94.5 Å². The molecule has 0 unspecified atom stereocenters. The Morgan fingerprint density at radius 1 is 0.833 bits per heavy atom. The Balaban J connectivity index is 1.43. The van der Waals surface area contributed by atoms with Crippen molar-refractivity contribution in [1.82, 2.24) is 5.32 Å². The van der Waals surface area contributed by atoms with Crippen molar-refractivity contribution in [2.45, 2.75) is 6.42 Å². The van der Waals surface area contributed by atoms with Crippen LogP contribution < -0.4 is 14.8 Å². The molecule has 0 heterocycles. The zero-order chi connectivity index (χ0) is 21.3. The minimum atomic E-state index is -0.204. The van der Waals surface area contributed by atoms with Crippen molar-refractivity contribution in [1.29, 1.82) is 0 Å². The number of halogens is 1. The molecule has 0 aliphatic carbocycles. The maximum absolute atomic E-state index is 12.5. The molecule has 1 amide bonds. The molecular weight excluding hydrogens is 402 g/mol. The number of carbonyl (C=O) groups excluding carboxylic acids is 2. The number of nitrogens with one attached hydrogen (secondary N) is 1. The monoisotopic (exact) mass is 423 g/mol. The molecule has 3 rings (SSSR count). The van der Waals surface area contributed by atoms with Crippen LogP contribution in [0.25, 0.3) is 0 Å². The van der Waals surface area contributed by atoms with Gasteiger partial charge in [-0.1, -0.05) is 23.7 Å². The van der Waals surface area contributed by atoms with Crippen molar-refractivity contribution >= 4 is 23.3 Å². The summed E-state index contributed by atoms with van der Waals surface area (Å²) in [5.41, 5.74) is 2.20. The number of ether oxygens (including phenoxy) is 2. The van der Waals surface area contributed by atoms with Gasteiger partial charge in [-0.3, -0.25) is 9.59 Å². The minimum absolute atomic E-state index is 0.0902. The van der Waals surface area contributed by atoms with Crippen LogP contribution in [0.4, 0.5) is 0 Å². The highest BCUT2D eigenvalue weighted by atomic mass is 35.5. The predicted octanol–water partition coefficient (Wildman–Crippen LogP) is 4.32. The van der Waals surface area contributed by atoms with Gasteiger partial charge in [-0.2, -0.15) is 0 Å². The highest BCUT2D eigenvalue weighted by Crippen LogP contribution is 2.17. The zero-order valence-corrected chi connectivity index (χ0v) is 17.3. The summed E-state index contributed by atoms with van der Waals surface area (Å²) < 4.78 is 10.6. The number of benzene rings is 3. The molecule has 0 aliphatic heterocycles. The Bertz CT molecular complexity index is 983. The van der Waals surface area contributed by atoms with E-state index in [2.05, 4.69) is 5.32 Å². The van der Waals surface area contributed by atoms with E-state index in [0.29, 0.717) is 28.4 Å². The summed E-state index contributed by atoms with van der Waals surface area (Å²) in [6.45, 7) is 0.427. The molecule has 0 saturated heterocycles. The number of hydrogen-bond donors (Lipinski definition) is 1. The molecule has 0 bridgehead atoms. The van der Waals surface area contributed by atoms with Crippen molar-refractivity contribution in [3.8, 4) is 11.5 Å². The molecular formula is C24H22ClNO4. The summed E-state index contributed by atoms with van der Waals surface area (Å²) in [7, 11) is 1.63. The molecule has 0 aliphatic rings. The van der Waals surface area contributed by atoms with E-state index in [4.69, 9.17) is 21.1 Å². The van der Waals surface area contributed by atoms with Gasteiger partial charge in [0.2, 0.25) is 0 Å². The van der Waals surface area contributed by atoms with Crippen LogP contribution in [0.15, 0.2) is 72.8 Å². The Kier molecular flexibility index (Phi) is 7.46. The first kappa shape index (κ1) is 21.4. The van der Waals surface area contributed by atoms with Crippen LogP contribution in [0.2, 0.25) is 5.02 Å². The lowest BCUT2D eigenvalue weighted by Crippen LogP contribution is -2.30. The SMILES string of the molecule is COc1ccc(CCNC(=O)COc2ccc(C(=O)c3ccc(Cl)cc3)cc2)cc1. The smallest absolute Gasteiger partial charge is 0.257 e. The van der Waals surface area contributed by atoms with Crippen LogP contribution in [-0.4, -0.2) is 32.0 Å². The molecule has 0 aromatic heterocycles. The van der Waals surface area contributed by atoms with E-state index in [1.165, 1.54) is 0 Å². The summed E-state index contributed by atoms with van der Waals surface area (Å²) in [5, 5.41) is 3.41. The van der Waals surface area contributed by atoms with Gasteiger partial charge in [0, 0.05) is 22.7 Å². The highest BCUT2D eigenvalue weighted by Gasteiger charge is 2.09. The molecule has 154 valence electrons. The number of rotatable bonds is 9. The Labute approximate surface area is 180 Å². The molecule has 6 heteroatoms. The fraction of sp³-hybridized carbons (Fsp3) is 0.167. The number of carbonyl (C=O) groups is 2. The van der Waals surface area contributed by atoms with E-state index in [1.807, 2.05) is 24.3 Å². The van der Waals surface area contributed by atoms with E-state index in [9.17, 15) is 9.59 Å². The minimum Gasteiger partial charge on any atom is -0.497 e. The van der Waals surface area contributed by atoms with Gasteiger partial charge in [-0.25, -0.2) is 0 Å². The largest absolute Gasteiger partial charge is 0.497 e. The fourth-order valence-electron chi connectivity index (χ4n) is 2.81.